The second-order valence-corrected chi connectivity index (χ2v) is 7.38. The third-order valence-electron chi connectivity index (χ3n) is 4.56. The van der Waals surface area contributed by atoms with E-state index in [0.717, 1.165) is 32.4 Å². The van der Waals surface area contributed by atoms with Gasteiger partial charge in [-0.05, 0) is 19.9 Å². The fraction of sp³-hybridized carbons (Fsp3) is 0.957. The van der Waals surface area contributed by atoms with Gasteiger partial charge in [0.15, 0.2) is 0 Å². The third-order valence-corrected chi connectivity index (χ3v) is 4.56. The van der Waals surface area contributed by atoms with Crippen molar-refractivity contribution in [1.29, 1.82) is 0 Å². The van der Waals surface area contributed by atoms with Crippen LogP contribution in [0.4, 0.5) is 0 Å². The highest BCUT2D eigenvalue weighted by Crippen LogP contribution is 2.07. The molecule has 32 heavy (non-hydrogen) atoms. The molecule has 0 aliphatic carbocycles. The maximum Gasteiger partial charge on any atom is 0.220 e. The van der Waals surface area contributed by atoms with Crippen LogP contribution in [0.1, 0.15) is 44.9 Å². The predicted octanol–water partition coefficient (Wildman–Crippen LogP) is 1.78. The summed E-state index contributed by atoms with van der Waals surface area (Å²) in [4.78, 5) is 11.7. The topological polar surface area (TPSA) is 96.5 Å². The van der Waals surface area contributed by atoms with Crippen LogP contribution in [-0.4, -0.2) is 106 Å². The van der Waals surface area contributed by atoms with E-state index >= 15 is 0 Å². The number of rotatable bonds is 27. The van der Waals surface area contributed by atoms with Gasteiger partial charge in [0, 0.05) is 33.2 Å². The van der Waals surface area contributed by atoms with Crippen molar-refractivity contribution < 1.29 is 33.2 Å². The zero-order chi connectivity index (χ0) is 23.4. The summed E-state index contributed by atoms with van der Waals surface area (Å²) in [7, 11) is 3.63. The molecule has 0 aromatic carbocycles. The zero-order valence-corrected chi connectivity index (χ0v) is 20.5. The number of methoxy groups -OCH3 is 1. The van der Waals surface area contributed by atoms with Crippen molar-refractivity contribution in [3.8, 4) is 0 Å². The Labute approximate surface area is 195 Å². The Bertz CT molecular complexity index is 376. The van der Waals surface area contributed by atoms with Crippen molar-refractivity contribution in [3.63, 3.8) is 0 Å². The largest absolute Gasteiger partial charge is 0.385 e. The summed E-state index contributed by atoms with van der Waals surface area (Å²) in [5, 5.41) is 5.91. The van der Waals surface area contributed by atoms with Crippen molar-refractivity contribution in [1.82, 2.24) is 10.6 Å². The minimum absolute atomic E-state index is 0.103. The molecule has 9 nitrogen and oxygen atoms in total. The van der Waals surface area contributed by atoms with Gasteiger partial charge >= 0.3 is 0 Å². The summed E-state index contributed by atoms with van der Waals surface area (Å²) >= 11 is 0. The molecule has 0 atom stereocenters. The van der Waals surface area contributed by atoms with E-state index in [4.69, 9.17) is 28.4 Å². The highest BCUT2D eigenvalue weighted by molar-refractivity contribution is 5.75. The molecule has 0 aliphatic heterocycles. The summed E-state index contributed by atoms with van der Waals surface area (Å²) < 4.78 is 32.1. The SMILES string of the molecule is CNCCOCCOCCOCCOCCOCCNC(=O)CCCCCCCCOC. The van der Waals surface area contributed by atoms with Crippen molar-refractivity contribution in [3.05, 3.63) is 0 Å². The maximum atomic E-state index is 11.7. The summed E-state index contributed by atoms with van der Waals surface area (Å²) in [6.07, 6.45) is 7.38. The van der Waals surface area contributed by atoms with Crippen LogP contribution in [0, 0.1) is 0 Å². The number of ether oxygens (including phenoxy) is 6. The van der Waals surface area contributed by atoms with Crippen LogP contribution >= 0.6 is 0 Å². The van der Waals surface area contributed by atoms with Gasteiger partial charge in [0.2, 0.25) is 5.91 Å². The van der Waals surface area contributed by atoms with Crippen LogP contribution in [0.3, 0.4) is 0 Å². The summed E-state index contributed by atoms with van der Waals surface area (Å²) in [5.74, 6) is 0.103. The third kappa shape index (κ3) is 27.2. The van der Waals surface area contributed by atoms with Crippen molar-refractivity contribution >= 4 is 5.91 Å². The lowest BCUT2D eigenvalue weighted by Crippen LogP contribution is -2.27. The number of hydrogen-bond donors (Lipinski definition) is 2. The van der Waals surface area contributed by atoms with Gasteiger partial charge in [0.1, 0.15) is 0 Å². The summed E-state index contributed by atoms with van der Waals surface area (Å²) in [6.45, 7) is 7.80. The Morgan fingerprint density at radius 3 is 1.50 bits per heavy atom. The van der Waals surface area contributed by atoms with Crippen LogP contribution in [0.15, 0.2) is 0 Å². The Kier molecular flexibility index (Phi) is 27.5. The van der Waals surface area contributed by atoms with Gasteiger partial charge in [0.25, 0.3) is 0 Å². The number of hydrogen-bond acceptors (Lipinski definition) is 8. The normalized spacial score (nSPS) is 11.2. The number of amides is 1. The molecule has 0 rings (SSSR count). The van der Waals surface area contributed by atoms with Gasteiger partial charge in [-0.3, -0.25) is 4.79 Å². The van der Waals surface area contributed by atoms with Gasteiger partial charge in [-0.15, -0.1) is 0 Å². The van der Waals surface area contributed by atoms with Crippen LogP contribution in [0.2, 0.25) is 0 Å². The van der Waals surface area contributed by atoms with E-state index in [1.165, 1.54) is 19.3 Å². The van der Waals surface area contributed by atoms with Crippen molar-refractivity contribution in [2.24, 2.45) is 0 Å². The Morgan fingerprint density at radius 2 is 1.00 bits per heavy atom. The van der Waals surface area contributed by atoms with E-state index in [9.17, 15) is 4.79 Å². The smallest absolute Gasteiger partial charge is 0.220 e. The van der Waals surface area contributed by atoms with Gasteiger partial charge < -0.3 is 39.1 Å². The molecule has 2 N–H and O–H groups in total. The molecule has 1 amide bonds. The molecule has 0 unspecified atom stereocenters. The molecule has 0 spiro atoms. The number of carbonyl (C=O) groups excluding carboxylic acids is 1. The molecule has 0 saturated heterocycles. The van der Waals surface area contributed by atoms with E-state index in [1.54, 1.807) is 7.11 Å². The maximum absolute atomic E-state index is 11.7. The Hall–Kier alpha value is -0.810. The molecule has 0 bridgehead atoms. The Morgan fingerprint density at radius 1 is 0.562 bits per heavy atom. The van der Waals surface area contributed by atoms with Crippen molar-refractivity contribution in [2.75, 3.05) is 99.9 Å². The monoisotopic (exact) mass is 464 g/mol. The average Bonchev–Trinajstić information content (AvgIpc) is 2.80. The van der Waals surface area contributed by atoms with Crippen LogP contribution in [0.25, 0.3) is 0 Å². The number of likely N-dealkylation sites (N-methyl/N-ethyl adjacent to an activating group) is 1. The minimum Gasteiger partial charge on any atom is -0.385 e. The molecule has 9 heteroatoms. The molecule has 0 radical (unpaired) electrons. The first kappa shape index (κ1) is 31.2. The first-order chi connectivity index (χ1) is 15.8. The van der Waals surface area contributed by atoms with Crippen LogP contribution in [-0.2, 0) is 33.2 Å². The molecule has 0 saturated carbocycles. The van der Waals surface area contributed by atoms with E-state index in [-0.39, 0.29) is 5.91 Å². The highest BCUT2D eigenvalue weighted by Gasteiger charge is 2.00. The second-order valence-electron chi connectivity index (χ2n) is 7.38. The van der Waals surface area contributed by atoms with Gasteiger partial charge in [0.05, 0.1) is 66.1 Å². The first-order valence-electron chi connectivity index (χ1n) is 12.1. The lowest BCUT2D eigenvalue weighted by atomic mass is 10.1. The number of unbranched alkanes of at least 4 members (excludes halogenated alkanes) is 5. The molecule has 0 heterocycles. The standard InChI is InChI=1S/C23H48N2O7/c1-24-10-13-28-15-17-30-19-21-32-22-20-31-18-16-29-14-11-25-23(26)9-7-5-3-4-6-8-12-27-2/h24H,3-22H2,1-2H3,(H,25,26). The highest BCUT2D eigenvalue weighted by atomic mass is 16.6. The molecular formula is C23H48N2O7. The van der Waals surface area contributed by atoms with Crippen LogP contribution < -0.4 is 10.6 Å². The van der Waals surface area contributed by atoms with E-state index in [0.29, 0.717) is 79.0 Å². The van der Waals surface area contributed by atoms with Gasteiger partial charge in [-0.1, -0.05) is 25.7 Å². The quantitative estimate of drug-likeness (QED) is 0.178. The Balaban J connectivity index is 3.11. The zero-order valence-electron chi connectivity index (χ0n) is 20.5. The average molecular weight is 465 g/mol. The fourth-order valence-electron chi connectivity index (χ4n) is 2.75. The second kappa shape index (κ2) is 28.2. The summed E-state index contributed by atoms with van der Waals surface area (Å²) in [5.41, 5.74) is 0. The van der Waals surface area contributed by atoms with Crippen molar-refractivity contribution in [2.45, 2.75) is 44.9 Å². The fourth-order valence-corrected chi connectivity index (χ4v) is 2.75. The number of nitrogens with one attached hydrogen (secondary N) is 2. The predicted molar refractivity (Wildman–Crippen MR) is 125 cm³/mol. The van der Waals surface area contributed by atoms with Gasteiger partial charge in [-0.25, -0.2) is 0 Å². The van der Waals surface area contributed by atoms with Gasteiger partial charge in [-0.2, -0.15) is 0 Å². The molecule has 0 aromatic heterocycles. The minimum atomic E-state index is 0.103. The molecule has 192 valence electrons. The van der Waals surface area contributed by atoms with Crippen LogP contribution in [0.5, 0.6) is 0 Å². The summed E-state index contributed by atoms with van der Waals surface area (Å²) in [6, 6.07) is 0. The van der Waals surface area contributed by atoms with E-state index < -0.39 is 0 Å². The van der Waals surface area contributed by atoms with E-state index in [2.05, 4.69) is 10.6 Å². The van der Waals surface area contributed by atoms with E-state index in [1.807, 2.05) is 7.05 Å². The lowest BCUT2D eigenvalue weighted by molar-refractivity contribution is -0.121. The first-order valence-corrected chi connectivity index (χ1v) is 12.1. The number of carbonyl (C=O) groups is 1. The molecule has 0 aromatic rings. The lowest BCUT2D eigenvalue weighted by Gasteiger charge is -2.08. The molecular weight excluding hydrogens is 416 g/mol. The molecule has 0 aliphatic rings. The molecule has 0 fully saturated rings.